The molecule has 4 rings (SSSR count). The standard InChI is InChI=1S/C21H28N4O2/c1-15-4-3-10-25(12-15)21-22-19-14-24(11-9-18(19)20(26)23-21)13-16-5-7-17(27-2)8-6-16/h5-8,15H,3-4,9-14H2,1-2H3,(H,22,23,26). The number of benzene rings is 1. The summed E-state index contributed by atoms with van der Waals surface area (Å²) in [5, 5.41) is 0. The Kier molecular flexibility index (Phi) is 5.16. The second kappa shape index (κ2) is 7.72. The smallest absolute Gasteiger partial charge is 0.255 e. The molecule has 0 amide bonds. The summed E-state index contributed by atoms with van der Waals surface area (Å²) in [5.74, 6) is 2.26. The number of methoxy groups -OCH3 is 1. The van der Waals surface area contributed by atoms with E-state index >= 15 is 0 Å². The molecule has 0 radical (unpaired) electrons. The van der Waals surface area contributed by atoms with Crippen molar-refractivity contribution in [2.24, 2.45) is 5.92 Å². The van der Waals surface area contributed by atoms with E-state index in [4.69, 9.17) is 9.72 Å². The van der Waals surface area contributed by atoms with Gasteiger partial charge in [0.1, 0.15) is 5.75 Å². The van der Waals surface area contributed by atoms with Crippen LogP contribution in [0.25, 0.3) is 0 Å². The number of H-pyrrole nitrogens is 1. The third-order valence-corrected chi connectivity index (χ3v) is 5.66. The van der Waals surface area contributed by atoms with Gasteiger partial charge in [0, 0.05) is 38.3 Å². The minimum Gasteiger partial charge on any atom is -0.497 e. The highest BCUT2D eigenvalue weighted by Gasteiger charge is 2.24. The van der Waals surface area contributed by atoms with Crippen molar-refractivity contribution in [3.8, 4) is 5.75 Å². The first-order chi connectivity index (χ1) is 13.1. The molecule has 2 aliphatic rings. The molecule has 6 nitrogen and oxygen atoms in total. The van der Waals surface area contributed by atoms with Gasteiger partial charge in [-0.05, 0) is 42.9 Å². The van der Waals surface area contributed by atoms with E-state index in [2.05, 4.69) is 33.8 Å². The summed E-state index contributed by atoms with van der Waals surface area (Å²) in [5.41, 5.74) is 3.08. The van der Waals surface area contributed by atoms with Crippen LogP contribution in [0, 0.1) is 5.92 Å². The number of aromatic amines is 1. The van der Waals surface area contributed by atoms with Crippen LogP contribution in [0.2, 0.25) is 0 Å². The van der Waals surface area contributed by atoms with E-state index in [9.17, 15) is 4.79 Å². The molecule has 0 saturated carbocycles. The lowest BCUT2D eigenvalue weighted by Crippen LogP contribution is -2.39. The molecule has 1 fully saturated rings. The number of ether oxygens (including phenoxy) is 1. The Hall–Kier alpha value is -2.34. The van der Waals surface area contributed by atoms with Crippen molar-refractivity contribution in [2.45, 2.75) is 39.3 Å². The maximum Gasteiger partial charge on any atom is 0.255 e. The molecule has 2 aromatic rings. The number of anilines is 1. The average molecular weight is 368 g/mol. The second-order valence-corrected chi connectivity index (χ2v) is 7.82. The maximum absolute atomic E-state index is 12.6. The lowest BCUT2D eigenvalue weighted by atomic mass is 10.0. The van der Waals surface area contributed by atoms with Gasteiger partial charge in [0.2, 0.25) is 5.95 Å². The highest BCUT2D eigenvalue weighted by molar-refractivity contribution is 5.35. The molecular formula is C21H28N4O2. The third kappa shape index (κ3) is 4.00. The third-order valence-electron chi connectivity index (χ3n) is 5.66. The summed E-state index contributed by atoms with van der Waals surface area (Å²) in [6.45, 7) is 6.66. The molecular weight excluding hydrogens is 340 g/mol. The van der Waals surface area contributed by atoms with Crippen molar-refractivity contribution in [2.75, 3.05) is 31.6 Å². The van der Waals surface area contributed by atoms with Crippen LogP contribution in [-0.2, 0) is 19.5 Å². The molecule has 1 N–H and O–H groups in total. The molecule has 1 unspecified atom stereocenters. The van der Waals surface area contributed by atoms with Crippen LogP contribution in [0.15, 0.2) is 29.1 Å². The molecule has 0 aliphatic carbocycles. The van der Waals surface area contributed by atoms with Crippen LogP contribution in [0.1, 0.15) is 36.6 Å². The predicted molar refractivity (Wildman–Crippen MR) is 106 cm³/mol. The molecule has 1 aromatic carbocycles. The first kappa shape index (κ1) is 18.0. The number of rotatable bonds is 4. The zero-order valence-corrected chi connectivity index (χ0v) is 16.2. The van der Waals surface area contributed by atoms with Gasteiger partial charge in [-0.1, -0.05) is 19.1 Å². The van der Waals surface area contributed by atoms with E-state index in [1.54, 1.807) is 7.11 Å². The summed E-state index contributed by atoms with van der Waals surface area (Å²) >= 11 is 0. The Morgan fingerprint density at radius 2 is 2.07 bits per heavy atom. The summed E-state index contributed by atoms with van der Waals surface area (Å²) in [7, 11) is 1.68. The first-order valence-electron chi connectivity index (χ1n) is 9.84. The highest BCUT2D eigenvalue weighted by atomic mass is 16.5. The van der Waals surface area contributed by atoms with Gasteiger partial charge in [-0.3, -0.25) is 14.7 Å². The van der Waals surface area contributed by atoms with Gasteiger partial charge in [0.25, 0.3) is 5.56 Å². The van der Waals surface area contributed by atoms with Crippen LogP contribution < -0.4 is 15.2 Å². The van der Waals surface area contributed by atoms with E-state index in [0.29, 0.717) is 5.92 Å². The predicted octanol–water partition coefficient (Wildman–Crippen LogP) is 2.57. The summed E-state index contributed by atoms with van der Waals surface area (Å²) in [6.07, 6.45) is 3.16. The lowest BCUT2D eigenvalue weighted by molar-refractivity contribution is 0.240. The van der Waals surface area contributed by atoms with E-state index in [1.165, 1.54) is 12.0 Å². The number of nitrogens with zero attached hydrogens (tertiary/aromatic N) is 3. The highest BCUT2D eigenvalue weighted by Crippen LogP contribution is 2.22. The minimum atomic E-state index is 0.0392. The van der Waals surface area contributed by atoms with E-state index in [1.807, 2.05) is 12.1 Å². The molecule has 1 saturated heterocycles. The number of aromatic nitrogens is 2. The Balaban J connectivity index is 1.51. The van der Waals surface area contributed by atoms with Crippen molar-refractivity contribution in [3.05, 3.63) is 51.4 Å². The van der Waals surface area contributed by atoms with Crippen LogP contribution >= 0.6 is 0 Å². The fraction of sp³-hybridized carbons (Fsp3) is 0.524. The Bertz CT molecular complexity index is 846. The molecule has 144 valence electrons. The molecule has 27 heavy (non-hydrogen) atoms. The van der Waals surface area contributed by atoms with Gasteiger partial charge in [-0.2, -0.15) is 0 Å². The minimum absolute atomic E-state index is 0.0392. The summed E-state index contributed by atoms with van der Waals surface area (Å²) < 4.78 is 5.23. The fourth-order valence-corrected chi connectivity index (χ4v) is 4.14. The van der Waals surface area contributed by atoms with E-state index in [0.717, 1.165) is 68.5 Å². The van der Waals surface area contributed by atoms with Crippen LogP contribution in [-0.4, -0.2) is 41.6 Å². The van der Waals surface area contributed by atoms with Crippen molar-refractivity contribution in [1.29, 1.82) is 0 Å². The molecule has 0 bridgehead atoms. The van der Waals surface area contributed by atoms with Crippen molar-refractivity contribution < 1.29 is 4.74 Å². The Morgan fingerprint density at radius 3 is 2.81 bits per heavy atom. The van der Waals surface area contributed by atoms with E-state index in [-0.39, 0.29) is 5.56 Å². The van der Waals surface area contributed by atoms with Crippen molar-refractivity contribution in [1.82, 2.24) is 14.9 Å². The van der Waals surface area contributed by atoms with E-state index < -0.39 is 0 Å². The van der Waals surface area contributed by atoms with Gasteiger partial charge in [0.05, 0.1) is 12.8 Å². The Labute approximate surface area is 160 Å². The van der Waals surface area contributed by atoms with Gasteiger partial charge in [-0.25, -0.2) is 4.98 Å². The maximum atomic E-state index is 12.6. The molecule has 6 heteroatoms. The van der Waals surface area contributed by atoms with Crippen molar-refractivity contribution in [3.63, 3.8) is 0 Å². The second-order valence-electron chi connectivity index (χ2n) is 7.82. The Morgan fingerprint density at radius 1 is 1.26 bits per heavy atom. The van der Waals surface area contributed by atoms with Crippen LogP contribution in [0.3, 0.4) is 0 Å². The topological polar surface area (TPSA) is 61.5 Å². The van der Waals surface area contributed by atoms with Gasteiger partial charge < -0.3 is 9.64 Å². The summed E-state index contributed by atoms with van der Waals surface area (Å²) in [4.78, 5) is 25.1. The first-order valence-corrected chi connectivity index (χ1v) is 9.84. The summed E-state index contributed by atoms with van der Waals surface area (Å²) in [6, 6.07) is 8.18. The SMILES string of the molecule is COc1ccc(CN2CCc3c(nc(N4CCCC(C)C4)[nH]c3=O)C2)cc1. The van der Waals surface area contributed by atoms with Crippen LogP contribution in [0.4, 0.5) is 5.95 Å². The molecule has 3 heterocycles. The monoisotopic (exact) mass is 368 g/mol. The number of piperidine rings is 1. The quantitative estimate of drug-likeness (QED) is 0.899. The average Bonchev–Trinajstić information content (AvgIpc) is 2.68. The number of hydrogen-bond donors (Lipinski definition) is 1. The largest absolute Gasteiger partial charge is 0.497 e. The molecule has 2 aliphatic heterocycles. The molecule has 0 spiro atoms. The fourth-order valence-electron chi connectivity index (χ4n) is 4.14. The van der Waals surface area contributed by atoms with Gasteiger partial charge in [0.15, 0.2) is 0 Å². The number of hydrogen-bond acceptors (Lipinski definition) is 5. The molecule has 1 aromatic heterocycles. The number of nitrogens with one attached hydrogen (secondary N) is 1. The lowest BCUT2D eigenvalue weighted by Gasteiger charge is -2.33. The van der Waals surface area contributed by atoms with Gasteiger partial charge >= 0.3 is 0 Å². The number of fused-ring (bicyclic) bond motifs is 1. The normalized spacial score (nSPS) is 20.4. The molecule has 1 atom stereocenters. The van der Waals surface area contributed by atoms with Crippen molar-refractivity contribution >= 4 is 5.95 Å². The zero-order chi connectivity index (χ0) is 18.8. The van der Waals surface area contributed by atoms with Crippen LogP contribution in [0.5, 0.6) is 5.75 Å². The van der Waals surface area contributed by atoms with Gasteiger partial charge in [-0.15, -0.1) is 0 Å². The zero-order valence-electron chi connectivity index (χ0n) is 16.2.